The van der Waals surface area contributed by atoms with Gasteiger partial charge in [-0.05, 0) is 62.1 Å². The lowest BCUT2D eigenvalue weighted by Gasteiger charge is -2.22. The van der Waals surface area contributed by atoms with Crippen LogP contribution in [0.25, 0.3) is 0 Å². The van der Waals surface area contributed by atoms with E-state index in [0.29, 0.717) is 37.2 Å². The smallest absolute Gasteiger partial charge is 0.325 e. The molecule has 1 aliphatic heterocycles. The Kier molecular flexibility index (Phi) is 5.69. The molecular weight excluding hydrogens is 408 g/mol. The summed E-state index contributed by atoms with van der Waals surface area (Å²) in [5.74, 6) is -0.961. The third-order valence-corrected chi connectivity index (χ3v) is 6.19. The predicted molar refractivity (Wildman–Crippen MR) is 119 cm³/mol. The van der Waals surface area contributed by atoms with Gasteiger partial charge in [-0.1, -0.05) is 24.3 Å². The molecule has 1 unspecified atom stereocenters. The summed E-state index contributed by atoms with van der Waals surface area (Å²) in [5.41, 5.74) is 1.77. The number of hydrogen-bond acceptors (Lipinski definition) is 4. The molecule has 0 bridgehead atoms. The molecule has 0 saturated carbocycles. The van der Waals surface area contributed by atoms with Crippen molar-refractivity contribution in [3.8, 4) is 0 Å². The fourth-order valence-electron chi connectivity index (χ4n) is 4.47. The number of aryl methyl sites for hydroxylation is 1. The van der Waals surface area contributed by atoms with Crippen LogP contribution in [0.15, 0.2) is 48.5 Å². The van der Waals surface area contributed by atoms with E-state index < -0.39 is 23.4 Å². The van der Waals surface area contributed by atoms with Crippen molar-refractivity contribution in [3.63, 3.8) is 0 Å². The molecule has 1 spiro atoms. The topological polar surface area (TPSA) is 98.8 Å². The number of carbonyl (C=O) groups excluding carboxylic acids is 4. The zero-order valence-corrected chi connectivity index (χ0v) is 18.2. The van der Waals surface area contributed by atoms with Crippen molar-refractivity contribution in [2.24, 2.45) is 0 Å². The molecule has 5 amide bonds. The molecule has 0 radical (unpaired) electrons. The van der Waals surface area contributed by atoms with Crippen LogP contribution < -0.4 is 10.6 Å². The Morgan fingerprint density at radius 2 is 1.75 bits per heavy atom. The maximum Gasteiger partial charge on any atom is 0.325 e. The van der Waals surface area contributed by atoms with E-state index in [9.17, 15) is 19.2 Å². The third kappa shape index (κ3) is 3.62. The van der Waals surface area contributed by atoms with Gasteiger partial charge in [0, 0.05) is 24.3 Å². The van der Waals surface area contributed by atoms with Gasteiger partial charge in [0.2, 0.25) is 5.91 Å². The van der Waals surface area contributed by atoms with Crippen LogP contribution in [0.5, 0.6) is 0 Å². The van der Waals surface area contributed by atoms with Crippen molar-refractivity contribution in [2.45, 2.75) is 32.2 Å². The summed E-state index contributed by atoms with van der Waals surface area (Å²) < 4.78 is 0. The minimum absolute atomic E-state index is 0.0747. The number of fused-ring (bicyclic) bond motifs is 2. The maximum atomic E-state index is 13.2. The molecule has 4 rings (SSSR count). The molecule has 2 aromatic rings. The van der Waals surface area contributed by atoms with Crippen LogP contribution in [-0.4, -0.2) is 53.2 Å². The van der Waals surface area contributed by atoms with Gasteiger partial charge in [-0.2, -0.15) is 0 Å². The fourth-order valence-corrected chi connectivity index (χ4v) is 4.47. The Labute approximate surface area is 186 Å². The van der Waals surface area contributed by atoms with Crippen molar-refractivity contribution >= 4 is 29.4 Å². The quantitative estimate of drug-likeness (QED) is 0.683. The number of imide groups is 1. The summed E-state index contributed by atoms with van der Waals surface area (Å²) in [4.78, 5) is 53.4. The normalized spacial score (nSPS) is 19.1. The zero-order valence-electron chi connectivity index (χ0n) is 18.2. The molecule has 2 N–H and O–H groups in total. The number of benzene rings is 2. The van der Waals surface area contributed by atoms with Gasteiger partial charge < -0.3 is 15.5 Å². The molecule has 1 aliphatic carbocycles. The molecule has 2 aromatic carbocycles. The van der Waals surface area contributed by atoms with E-state index in [1.54, 1.807) is 29.2 Å². The first-order valence-corrected chi connectivity index (χ1v) is 10.8. The number of carbonyl (C=O) groups is 4. The highest BCUT2D eigenvalue weighted by Crippen LogP contribution is 2.41. The van der Waals surface area contributed by atoms with Crippen LogP contribution in [0, 0.1) is 0 Å². The molecule has 32 heavy (non-hydrogen) atoms. The Morgan fingerprint density at radius 3 is 2.44 bits per heavy atom. The molecule has 1 heterocycles. The number of urea groups is 1. The summed E-state index contributed by atoms with van der Waals surface area (Å²) >= 11 is 0. The highest BCUT2D eigenvalue weighted by molar-refractivity contribution is 6.11. The van der Waals surface area contributed by atoms with Gasteiger partial charge in [0.1, 0.15) is 12.1 Å². The van der Waals surface area contributed by atoms with Crippen molar-refractivity contribution in [1.82, 2.24) is 15.1 Å². The van der Waals surface area contributed by atoms with E-state index in [4.69, 9.17) is 0 Å². The number of rotatable bonds is 6. The van der Waals surface area contributed by atoms with Crippen LogP contribution in [0.4, 0.5) is 10.5 Å². The molecule has 2 aliphatic rings. The van der Waals surface area contributed by atoms with Gasteiger partial charge >= 0.3 is 6.03 Å². The third-order valence-electron chi connectivity index (χ3n) is 6.19. The minimum Gasteiger partial charge on any atom is -0.339 e. The predicted octanol–water partition coefficient (Wildman–Crippen LogP) is 2.50. The fraction of sp³-hybridized carbons (Fsp3) is 0.333. The number of anilines is 1. The van der Waals surface area contributed by atoms with Gasteiger partial charge in [-0.3, -0.25) is 19.3 Å². The van der Waals surface area contributed by atoms with Crippen molar-refractivity contribution in [1.29, 1.82) is 0 Å². The zero-order chi connectivity index (χ0) is 22.9. The Morgan fingerprint density at radius 1 is 1.06 bits per heavy atom. The first kappa shape index (κ1) is 21.5. The molecule has 1 atom stereocenters. The molecule has 1 saturated heterocycles. The monoisotopic (exact) mass is 434 g/mol. The minimum atomic E-state index is -1.08. The number of amides is 5. The van der Waals surface area contributed by atoms with Crippen LogP contribution in [0.2, 0.25) is 0 Å². The van der Waals surface area contributed by atoms with Crippen molar-refractivity contribution in [3.05, 3.63) is 65.2 Å². The second-order valence-corrected chi connectivity index (χ2v) is 7.99. The van der Waals surface area contributed by atoms with Crippen LogP contribution in [0.3, 0.4) is 0 Å². The highest BCUT2D eigenvalue weighted by Gasteiger charge is 2.55. The van der Waals surface area contributed by atoms with Crippen LogP contribution in [0.1, 0.15) is 41.8 Å². The van der Waals surface area contributed by atoms with E-state index in [1.807, 2.05) is 38.1 Å². The first-order valence-electron chi connectivity index (χ1n) is 10.8. The van der Waals surface area contributed by atoms with Crippen LogP contribution in [-0.2, 0) is 21.5 Å². The second kappa shape index (κ2) is 8.45. The van der Waals surface area contributed by atoms with Crippen LogP contribution >= 0.6 is 0 Å². The molecule has 166 valence electrons. The first-order chi connectivity index (χ1) is 15.4. The molecule has 1 fully saturated rings. The average Bonchev–Trinajstić information content (AvgIpc) is 3.28. The lowest BCUT2D eigenvalue weighted by molar-refractivity contribution is -0.134. The Balaban J connectivity index is 1.42. The molecule has 8 nitrogen and oxygen atoms in total. The summed E-state index contributed by atoms with van der Waals surface area (Å²) in [7, 11) is 0. The SMILES string of the molecule is CCN(CC)C(=O)c1ccc(NC(=O)CN2C(=O)NC3(CCc4ccccc43)C2=O)cc1. The largest absolute Gasteiger partial charge is 0.339 e. The Bertz CT molecular complexity index is 1080. The van der Waals surface area contributed by atoms with Crippen molar-refractivity contribution < 1.29 is 19.2 Å². The van der Waals surface area contributed by atoms with Crippen molar-refractivity contribution in [2.75, 3.05) is 25.0 Å². The second-order valence-electron chi connectivity index (χ2n) is 7.99. The summed E-state index contributed by atoms with van der Waals surface area (Å²) in [6.45, 7) is 4.69. The van der Waals surface area contributed by atoms with Gasteiger partial charge in [0.25, 0.3) is 11.8 Å². The van der Waals surface area contributed by atoms with Gasteiger partial charge in [0.05, 0.1) is 0 Å². The van der Waals surface area contributed by atoms with E-state index in [2.05, 4.69) is 10.6 Å². The number of hydrogen-bond donors (Lipinski definition) is 2. The summed E-state index contributed by atoms with van der Waals surface area (Å²) in [6.07, 6.45) is 1.18. The maximum absolute atomic E-state index is 13.2. The highest BCUT2D eigenvalue weighted by atomic mass is 16.2. The lowest BCUT2D eigenvalue weighted by Crippen LogP contribution is -2.43. The van der Waals surface area contributed by atoms with E-state index in [0.717, 1.165) is 16.0 Å². The average molecular weight is 434 g/mol. The molecule has 0 aromatic heterocycles. The van der Waals surface area contributed by atoms with E-state index in [-0.39, 0.29) is 12.5 Å². The summed E-state index contributed by atoms with van der Waals surface area (Å²) in [5, 5.41) is 5.51. The summed E-state index contributed by atoms with van der Waals surface area (Å²) in [6, 6.07) is 13.5. The van der Waals surface area contributed by atoms with Gasteiger partial charge in [-0.25, -0.2) is 4.79 Å². The van der Waals surface area contributed by atoms with E-state index in [1.165, 1.54) is 0 Å². The molecule has 8 heteroatoms. The Hall–Kier alpha value is -3.68. The lowest BCUT2D eigenvalue weighted by atomic mass is 9.92. The number of nitrogens with one attached hydrogen (secondary N) is 2. The standard InChI is InChI=1S/C24H26N4O4/c1-3-27(4-2)21(30)17-9-11-18(12-10-17)25-20(29)15-28-22(31)24(26-23(28)32)14-13-16-7-5-6-8-19(16)24/h5-12H,3-4,13-15H2,1-2H3,(H,25,29)(H,26,32). The molecular formula is C24H26N4O4. The van der Waals surface area contributed by atoms with Gasteiger partial charge in [0.15, 0.2) is 0 Å². The number of nitrogens with zero attached hydrogens (tertiary/aromatic N) is 2. The van der Waals surface area contributed by atoms with E-state index >= 15 is 0 Å². The van der Waals surface area contributed by atoms with Gasteiger partial charge in [-0.15, -0.1) is 0 Å².